The second-order valence-electron chi connectivity index (χ2n) is 5.01. The molecule has 2 rings (SSSR count). The van der Waals surface area contributed by atoms with Gasteiger partial charge in [-0.05, 0) is 18.9 Å². The Morgan fingerprint density at radius 2 is 2.11 bits per heavy atom. The lowest BCUT2D eigenvalue weighted by molar-refractivity contribution is 0.0920. The first-order valence-corrected chi connectivity index (χ1v) is 6.90. The molecule has 0 saturated heterocycles. The third-order valence-corrected chi connectivity index (χ3v) is 4.24. The smallest absolute Gasteiger partial charge is 0.252 e. The summed E-state index contributed by atoms with van der Waals surface area (Å²) in [5, 5.41) is 10.3. The fourth-order valence-electron chi connectivity index (χ4n) is 2.45. The summed E-state index contributed by atoms with van der Waals surface area (Å²) in [7, 11) is 0. The molecule has 98 valence electrons. The van der Waals surface area contributed by atoms with Gasteiger partial charge in [-0.3, -0.25) is 4.79 Å². The van der Waals surface area contributed by atoms with E-state index >= 15 is 0 Å². The number of alkyl halides is 1. The number of nitrogens with one attached hydrogen (secondary N) is 1. The van der Waals surface area contributed by atoms with E-state index in [1.165, 1.54) is 31.7 Å². The molecule has 0 radical (unpaired) electrons. The zero-order chi connectivity index (χ0) is 12.8. The number of halogens is 1. The van der Waals surface area contributed by atoms with E-state index in [1.807, 2.05) is 0 Å². The van der Waals surface area contributed by atoms with Gasteiger partial charge in [0.25, 0.3) is 5.91 Å². The highest BCUT2D eigenvalue weighted by molar-refractivity contribution is 6.18. The van der Waals surface area contributed by atoms with Crippen LogP contribution in [0.4, 0.5) is 0 Å². The van der Waals surface area contributed by atoms with Crippen LogP contribution >= 0.6 is 11.6 Å². The highest BCUT2D eigenvalue weighted by Gasteiger charge is 2.31. The molecule has 1 aliphatic carbocycles. The highest BCUT2D eigenvalue weighted by Crippen LogP contribution is 2.36. The molecule has 1 aromatic heterocycles. The van der Waals surface area contributed by atoms with Gasteiger partial charge in [0.1, 0.15) is 0 Å². The van der Waals surface area contributed by atoms with Crippen LogP contribution in [0.5, 0.6) is 0 Å². The fraction of sp³-hybridized carbons (Fsp3) is 0.615. The second kappa shape index (κ2) is 6.14. The van der Waals surface area contributed by atoms with E-state index in [1.54, 1.807) is 6.07 Å². The van der Waals surface area contributed by atoms with E-state index in [9.17, 15) is 4.79 Å². The van der Waals surface area contributed by atoms with E-state index in [0.29, 0.717) is 18.0 Å². The average molecular weight is 268 g/mol. The Kier molecular flexibility index (Phi) is 4.53. The summed E-state index contributed by atoms with van der Waals surface area (Å²) in [5.74, 6) is 0.516. The molecule has 0 atom stereocenters. The summed E-state index contributed by atoms with van der Waals surface area (Å²) in [4.78, 5) is 11.9. The molecule has 4 nitrogen and oxygen atoms in total. The summed E-state index contributed by atoms with van der Waals surface area (Å²) in [5.41, 5.74) is 0.626. The van der Waals surface area contributed by atoms with Gasteiger partial charge in [0.2, 0.25) is 0 Å². The van der Waals surface area contributed by atoms with Gasteiger partial charge < -0.3 is 5.32 Å². The van der Waals surface area contributed by atoms with Gasteiger partial charge in [-0.15, -0.1) is 11.6 Å². The molecule has 5 heteroatoms. The minimum Gasteiger partial charge on any atom is -0.351 e. The molecule has 0 bridgehead atoms. The predicted molar refractivity (Wildman–Crippen MR) is 70.6 cm³/mol. The van der Waals surface area contributed by atoms with Crippen LogP contribution in [0.1, 0.15) is 42.5 Å². The lowest BCUT2D eigenvalue weighted by atomic mass is 9.75. The largest absolute Gasteiger partial charge is 0.351 e. The van der Waals surface area contributed by atoms with Crippen molar-refractivity contribution in [1.29, 1.82) is 0 Å². The van der Waals surface area contributed by atoms with Crippen molar-refractivity contribution in [1.82, 2.24) is 15.5 Å². The molecular weight excluding hydrogens is 250 g/mol. The van der Waals surface area contributed by atoms with Crippen LogP contribution in [-0.4, -0.2) is 28.5 Å². The van der Waals surface area contributed by atoms with E-state index in [-0.39, 0.29) is 11.3 Å². The number of aromatic nitrogens is 2. The summed E-state index contributed by atoms with van der Waals surface area (Å²) in [6.07, 6.45) is 8.90. The van der Waals surface area contributed by atoms with Crippen LogP contribution < -0.4 is 5.32 Å². The molecule has 1 amide bonds. The van der Waals surface area contributed by atoms with Crippen molar-refractivity contribution in [3.8, 4) is 0 Å². The Morgan fingerprint density at radius 3 is 2.72 bits per heavy atom. The topological polar surface area (TPSA) is 54.9 Å². The zero-order valence-electron chi connectivity index (χ0n) is 10.4. The molecule has 0 aliphatic heterocycles. The summed E-state index contributed by atoms with van der Waals surface area (Å²) in [6, 6.07) is 1.66. The maximum absolute atomic E-state index is 11.9. The summed E-state index contributed by atoms with van der Waals surface area (Å²) < 4.78 is 0. The Hall–Kier alpha value is -1.16. The monoisotopic (exact) mass is 267 g/mol. The van der Waals surface area contributed by atoms with Crippen molar-refractivity contribution < 1.29 is 4.79 Å². The van der Waals surface area contributed by atoms with Gasteiger partial charge in [-0.1, -0.05) is 19.3 Å². The first kappa shape index (κ1) is 13.3. The van der Waals surface area contributed by atoms with Gasteiger partial charge in [0, 0.05) is 17.8 Å². The Bertz CT molecular complexity index is 390. The van der Waals surface area contributed by atoms with Crippen molar-refractivity contribution in [3.05, 3.63) is 24.0 Å². The number of amides is 1. The minimum atomic E-state index is -0.0973. The van der Waals surface area contributed by atoms with Crippen molar-refractivity contribution >= 4 is 17.5 Å². The van der Waals surface area contributed by atoms with Crippen LogP contribution in [0.15, 0.2) is 18.5 Å². The Balaban J connectivity index is 1.92. The molecule has 0 unspecified atom stereocenters. The maximum Gasteiger partial charge on any atom is 0.252 e. The number of carbonyl (C=O) groups excluding carboxylic acids is 1. The van der Waals surface area contributed by atoms with Crippen molar-refractivity contribution in [2.45, 2.75) is 32.1 Å². The highest BCUT2D eigenvalue weighted by atomic mass is 35.5. The van der Waals surface area contributed by atoms with E-state index in [0.717, 1.165) is 12.8 Å². The Labute approximate surface area is 112 Å². The molecule has 1 heterocycles. The lowest BCUT2D eigenvalue weighted by Gasteiger charge is -2.35. The van der Waals surface area contributed by atoms with Gasteiger partial charge in [0.15, 0.2) is 0 Å². The lowest BCUT2D eigenvalue weighted by Crippen LogP contribution is -2.40. The molecule has 1 aliphatic rings. The van der Waals surface area contributed by atoms with E-state index in [2.05, 4.69) is 15.5 Å². The number of hydrogen-bond acceptors (Lipinski definition) is 3. The van der Waals surface area contributed by atoms with Gasteiger partial charge >= 0.3 is 0 Å². The van der Waals surface area contributed by atoms with Crippen LogP contribution in [0.3, 0.4) is 0 Å². The second-order valence-corrected chi connectivity index (χ2v) is 5.28. The molecule has 0 spiro atoms. The van der Waals surface area contributed by atoms with E-state index in [4.69, 9.17) is 11.6 Å². The SMILES string of the molecule is O=C(NCC1(CCl)CCCCC1)c1ccnnc1. The number of rotatable bonds is 4. The molecule has 1 aromatic rings. The molecule has 18 heavy (non-hydrogen) atoms. The third kappa shape index (κ3) is 3.19. The van der Waals surface area contributed by atoms with Crippen LogP contribution in [0.2, 0.25) is 0 Å². The fourth-order valence-corrected chi connectivity index (χ4v) is 2.82. The Morgan fingerprint density at radius 1 is 1.33 bits per heavy atom. The van der Waals surface area contributed by atoms with Crippen molar-refractivity contribution in [2.24, 2.45) is 5.41 Å². The van der Waals surface area contributed by atoms with E-state index < -0.39 is 0 Å². The summed E-state index contributed by atoms with van der Waals surface area (Å²) in [6.45, 7) is 0.650. The van der Waals surface area contributed by atoms with Gasteiger partial charge in [-0.25, -0.2) is 0 Å². The van der Waals surface area contributed by atoms with Crippen LogP contribution in [-0.2, 0) is 0 Å². The minimum absolute atomic E-state index is 0.0793. The maximum atomic E-state index is 11.9. The van der Waals surface area contributed by atoms with Crippen LogP contribution in [0.25, 0.3) is 0 Å². The number of carbonyl (C=O) groups is 1. The standard InChI is InChI=1S/C13H18ClN3O/c14-9-13(5-2-1-3-6-13)10-15-12(18)11-4-7-16-17-8-11/h4,7-8H,1-3,5-6,9-10H2,(H,15,18). The average Bonchev–Trinajstić information content (AvgIpc) is 2.47. The summed E-state index contributed by atoms with van der Waals surface area (Å²) >= 11 is 6.09. The normalized spacial score (nSPS) is 18.3. The predicted octanol–water partition coefficient (Wildman–Crippen LogP) is 2.40. The van der Waals surface area contributed by atoms with Crippen LogP contribution in [0, 0.1) is 5.41 Å². The quantitative estimate of drug-likeness (QED) is 0.853. The van der Waals surface area contributed by atoms with Crippen molar-refractivity contribution in [2.75, 3.05) is 12.4 Å². The van der Waals surface area contributed by atoms with Gasteiger partial charge in [-0.2, -0.15) is 10.2 Å². The number of hydrogen-bond donors (Lipinski definition) is 1. The molecule has 1 fully saturated rings. The molecule has 1 N–H and O–H groups in total. The third-order valence-electron chi connectivity index (χ3n) is 3.67. The molecular formula is C13H18ClN3O. The van der Waals surface area contributed by atoms with Crippen molar-refractivity contribution in [3.63, 3.8) is 0 Å². The first-order chi connectivity index (χ1) is 8.76. The molecule has 0 aromatic carbocycles. The van der Waals surface area contributed by atoms with Gasteiger partial charge in [0.05, 0.1) is 18.0 Å². The first-order valence-electron chi connectivity index (χ1n) is 6.37. The molecule has 1 saturated carbocycles. The number of nitrogens with zero attached hydrogens (tertiary/aromatic N) is 2. The zero-order valence-corrected chi connectivity index (χ0v) is 11.1.